The fourth-order valence-electron chi connectivity index (χ4n) is 1.96. The number of rotatable bonds is 4. The summed E-state index contributed by atoms with van der Waals surface area (Å²) >= 11 is 0. The fraction of sp³-hybridized carbons (Fsp3) is 0.267. The third-order valence-corrected chi connectivity index (χ3v) is 2.99. The number of methoxy groups -OCH3 is 1. The second-order valence-electron chi connectivity index (χ2n) is 4.10. The van der Waals surface area contributed by atoms with E-state index in [1.807, 2.05) is 42.0 Å². The molecule has 0 aliphatic heterocycles. The van der Waals surface area contributed by atoms with Crippen molar-refractivity contribution in [1.29, 1.82) is 0 Å². The quantitative estimate of drug-likeness (QED) is 0.792. The van der Waals surface area contributed by atoms with E-state index in [2.05, 4.69) is 0 Å². The molecule has 0 radical (unpaired) electrons. The maximum absolute atomic E-state index is 11.8. The van der Waals surface area contributed by atoms with Crippen molar-refractivity contribution < 1.29 is 14.3 Å². The van der Waals surface area contributed by atoms with Crippen molar-refractivity contribution in [3.63, 3.8) is 0 Å². The predicted molar refractivity (Wildman–Crippen MR) is 73.0 cm³/mol. The first-order chi connectivity index (χ1) is 9.17. The second-order valence-corrected chi connectivity index (χ2v) is 4.10. The van der Waals surface area contributed by atoms with Crippen LogP contribution >= 0.6 is 0 Å². The Bertz CT molecular complexity index is 570. The Kier molecular flexibility index (Phi) is 3.90. The molecule has 0 aliphatic carbocycles. The van der Waals surface area contributed by atoms with Crippen molar-refractivity contribution in [2.75, 3.05) is 13.7 Å². The first kappa shape index (κ1) is 13.2. The van der Waals surface area contributed by atoms with E-state index in [1.165, 1.54) is 0 Å². The van der Waals surface area contributed by atoms with Crippen molar-refractivity contribution >= 4 is 5.97 Å². The van der Waals surface area contributed by atoms with E-state index >= 15 is 0 Å². The molecule has 0 fully saturated rings. The number of esters is 1. The van der Waals surface area contributed by atoms with E-state index in [1.54, 1.807) is 20.1 Å². The zero-order valence-electron chi connectivity index (χ0n) is 11.3. The SMILES string of the molecule is CCOC(=O)c1ccn(-c2ccc(OC)cc2)c1C. The van der Waals surface area contributed by atoms with Crippen LogP contribution in [0.15, 0.2) is 36.5 Å². The Hall–Kier alpha value is -2.23. The molecule has 100 valence electrons. The third-order valence-electron chi connectivity index (χ3n) is 2.99. The fourth-order valence-corrected chi connectivity index (χ4v) is 1.96. The van der Waals surface area contributed by atoms with Crippen LogP contribution in [0.4, 0.5) is 0 Å². The topological polar surface area (TPSA) is 40.5 Å². The van der Waals surface area contributed by atoms with Crippen LogP contribution in [-0.2, 0) is 4.74 Å². The number of aromatic nitrogens is 1. The summed E-state index contributed by atoms with van der Waals surface area (Å²) in [7, 11) is 1.63. The number of hydrogen-bond acceptors (Lipinski definition) is 3. The molecule has 0 saturated heterocycles. The standard InChI is InChI=1S/C15H17NO3/c1-4-19-15(17)14-9-10-16(11(14)2)12-5-7-13(18-3)8-6-12/h5-10H,4H2,1-3H3. The molecule has 0 unspecified atom stereocenters. The third kappa shape index (κ3) is 2.62. The van der Waals surface area contributed by atoms with Gasteiger partial charge in [-0.3, -0.25) is 0 Å². The number of hydrogen-bond donors (Lipinski definition) is 0. The molecule has 4 nitrogen and oxygen atoms in total. The van der Waals surface area contributed by atoms with Gasteiger partial charge in [-0.1, -0.05) is 0 Å². The van der Waals surface area contributed by atoms with E-state index < -0.39 is 0 Å². The number of ether oxygens (including phenoxy) is 2. The average molecular weight is 259 g/mol. The number of carbonyl (C=O) groups is 1. The Morgan fingerprint density at radius 1 is 1.21 bits per heavy atom. The van der Waals surface area contributed by atoms with Gasteiger partial charge in [0.05, 0.1) is 19.3 Å². The number of nitrogens with zero attached hydrogens (tertiary/aromatic N) is 1. The van der Waals surface area contributed by atoms with Crippen LogP contribution in [0.1, 0.15) is 23.0 Å². The normalized spacial score (nSPS) is 10.3. The van der Waals surface area contributed by atoms with Gasteiger partial charge in [0.15, 0.2) is 0 Å². The van der Waals surface area contributed by atoms with Crippen LogP contribution in [0.25, 0.3) is 5.69 Å². The number of carbonyl (C=O) groups excluding carboxylic acids is 1. The minimum absolute atomic E-state index is 0.285. The summed E-state index contributed by atoms with van der Waals surface area (Å²) < 4.78 is 12.1. The maximum atomic E-state index is 11.8. The molecular weight excluding hydrogens is 242 g/mol. The van der Waals surface area contributed by atoms with Crippen LogP contribution in [0.3, 0.4) is 0 Å². The molecule has 0 spiro atoms. The van der Waals surface area contributed by atoms with Crippen LogP contribution in [0.2, 0.25) is 0 Å². The van der Waals surface area contributed by atoms with Gasteiger partial charge in [-0.15, -0.1) is 0 Å². The summed E-state index contributed by atoms with van der Waals surface area (Å²) in [6.07, 6.45) is 1.86. The lowest BCUT2D eigenvalue weighted by molar-refractivity contribution is 0.0525. The molecule has 1 heterocycles. The lowest BCUT2D eigenvalue weighted by Crippen LogP contribution is -2.06. The summed E-state index contributed by atoms with van der Waals surface area (Å²) in [5, 5.41) is 0. The van der Waals surface area contributed by atoms with E-state index in [9.17, 15) is 4.79 Å². The molecule has 1 aromatic carbocycles. The molecule has 0 saturated carbocycles. The average Bonchev–Trinajstić information content (AvgIpc) is 2.81. The van der Waals surface area contributed by atoms with Crippen LogP contribution < -0.4 is 4.74 Å². The molecule has 0 aliphatic rings. The molecule has 4 heteroatoms. The van der Waals surface area contributed by atoms with Crippen molar-refractivity contribution in [3.05, 3.63) is 47.8 Å². The Morgan fingerprint density at radius 2 is 1.89 bits per heavy atom. The van der Waals surface area contributed by atoms with Crippen molar-refractivity contribution in [1.82, 2.24) is 4.57 Å². The van der Waals surface area contributed by atoms with Crippen molar-refractivity contribution in [2.24, 2.45) is 0 Å². The van der Waals surface area contributed by atoms with Gasteiger partial charge in [0.2, 0.25) is 0 Å². The van der Waals surface area contributed by atoms with Gasteiger partial charge in [0.1, 0.15) is 5.75 Å². The highest BCUT2D eigenvalue weighted by molar-refractivity contribution is 5.91. The summed E-state index contributed by atoms with van der Waals surface area (Å²) in [6.45, 7) is 4.08. The van der Waals surface area contributed by atoms with E-state index in [0.717, 1.165) is 17.1 Å². The highest BCUT2D eigenvalue weighted by atomic mass is 16.5. The summed E-state index contributed by atoms with van der Waals surface area (Å²) in [4.78, 5) is 11.8. The highest BCUT2D eigenvalue weighted by Crippen LogP contribution is 2.20. The highest BCUT2D eigenvalue weighted by Gasteiger charge is 2.14. The molecule has 2 rings (SSSR count). The lowest BCUT2D eigenvalue weighted by atomic mass is 10.2. The first-order valence-electron chi connectivity index (χ1n) is 6.17. The van der Waals surface area contributed by atoms with Crippen LogP contribution in [0.5, 0.6) is 5.75 Å². The lowest BCUT2D eigenvalue weighted by Gasteiger charge is -2.08. The Balaban J connectivity index is 2.32. The van der Waals surface area contributed by atoms with E-state index in [4.69, 9.17) is 9.47 Å². The molecule has 0 atom stereocenters. The van der Waals surface area contributed by atoms with Gasteiger partial charge in [-0.2, -0.15) is 0 Å². The van der Waals surface area contributed by atoms with Gasteiger partial charge in [-0.05, 0) is 44.2 Å². The second kappa shape index (κ2) is 5.61. The summed E-state index contributed by atoms with van der Waals surface area (Å²) in [5.41, 5.74) is 2.44. The molecular formula is C15H17NO3. The monoisotopic (exact) mass is 259 g/mol. The predicted octanol–water partition coefficient (Wildman–Crippen LogP) is 2.97. The summed E-state index contributed by atoms with van der Waals surface area (Å²) in [5.74, 6) is 0.520. The van der Waals surface area contributed by atoms with Gasteiger partial charge < -0.3 is 14.0 Å². The molecule has 2 aromatic rings. The van der Waals surface area contributed by atoms with Crippen LogP contribution in [-0.4, -0.2) is 24.3 Å². The first-order valence-corrected chi connectivity index (χ1v) is 6.17. The maximum Gasteiger partial charge on any atom is 0.339 e. The van der Waals surface area contributed by atoms with Gasteiger partial charge >= 0.3 is 5.97 Å². The smallest absolute Gasteiger partial charge is 0.339 e. The molecule has 0 N–H and O–H groups in total. The van der Waals surface area contributed by atoms with Crippen molar-refractivity contribution in [3.8, 4) is 11.4 Å². The summed E-state index contributed by atoms with van der Waals surface area (Å²) in [6, 6.07) is 9.44. The van der Waals surface area contributed by atoms with Crippen molar-refractivity contribution in [2.45, 2.75) is 13.8 Å². The van der Waals surface area contributed by atoms with E-state index in [-0.39, 0.29) is 5.97 Å². The van der Waals surface area contributed by atoms with Gasteiger partial charge in [0, 0.05) is 17.6 Å². The minimum atomic E-state index is -0.285. The molecule has 19 heavy (non-hydrogen) atoms. The Labute approximate surface area is 112 Å². The molecule has 0 bridgehead atoms. The largest absolute Gasteiger partial charge is 0.497 e. The zero-order valence-corrected chi connectivity index (χ0v) is 11.3. The van der Waals surface area contributed by atoms with E-state index in [0.29, 0.717) is 12.2 Å². The number of benzene rings is 1. The van der Waals surface area contributed by atoms with Gasteiger partial charge in [0.25, 0.3) is 0 Å². The zero-order chi connectivity index (χ0) is 13.8. The molecule has 0 amide bonds. The van der Waals surface area contributed by atoms with Gasteiger partial charge in [-0.25, -0.2) is 4.79 Å². The minimum Gasteiger partial charge on any atom is -0.497 e. The molecule has 1 aromatic heterocycles. The van der Waals surface area contributed by atoms with Crippen LogP contribution in [0, 0.1) is 6.92 Å². The Morgan fingerprint density at radius 3 is 2.47 bits per heavy atom.